The van der Waals surface area contributed by atoms with Gasteiger partial charge < -0.3 is 15.1 Å². The minimum atomic E-state index is -3.34. The molecule has 4 rings (SSSR count). The zero-order valence-corrected chi connectivity index (χ0v) is 19.3. The standard InChI is InChI=1S/C22H28N6O3S/c1-4-15-9-11-28(12-10-15)22-27-26-21(31-22)19-20(23)24-13-18(25-19)16-5-7-17(8-6-16)32(29,30)14(2)3/h5-8,13-15H,4,9-12H2,1-3H3,(H2,23,24). The topological polar surface area (TPSA) is 128 Å². The number of aromatic nitrogens is 4. The van der Waals surface area contributed by atoms with Crippen LogP contribution in [0, 0.1) is 5.92 Å². The monoisotopic (exact) mass is 456 g/mol. The van der Waals surface area contributed by atoms with Crippen molar-refractivity contribution >= 4 is 21.7 Å². The highest BCUT2D eigenvalue weighted by molar-refractivity contribution is 7.92. The number of anilines is 2. The van der Waals surface area contributed by atoms with Crippen molar-refractivity contribution in [2.45, 2.75) is 50.2 Å². The summed E-state index contributed by atoms with van der Waals surface area (Å²) in [5.74, 6) is 1.14. The molecule has 9 nitrogen and oxygen atoms in total. The Hall–Kier alpha value is -3.01. The van der Waals surface area contributed by atoms with Crippen LogP contribution >= 0.6 is 0 Å². The lowest BCUT2D eigenvalue weighted by atomic mass is 9.95. The Morgan fingerprint density at radius 3 is 2.47 bits per heavy atom. The molecular weight excluding hydrogens is 428 g/mol. The first-order valence-corrected chi connectivity index (χ1v) is 12.4. The third kappa shape index (κ3) is 4.32. The molecule has 2 N–H and O–H groups in total. The second-order valence-corrected chi connectivity index (χ2v) is 10.8. The molecule has 3 aromatic rings. The highest BCUT2D eigenvalue weighted by atomic mass is 32.2. The van der Waals surface area contributed by atoms with Crippen molar-refractivity contribution in [2.75, 3.05) is 23.7 Å². The van der Waals surface area contributed by atoms with E-state index < -0.39 is 15.1 Å². The maximum Gasteiger partial charge on any atom is 0.318 e. The first-order chi connectivity index (χ1) is 15.3. The lowest BCUT2D eigenvalue weighted by Crippen LogP contribution is -2.33. The number of rotatable bonds is 6. The Morgan fingerprint density at radius 2 is 1.84 bits per heavy atom. The second kappa shape index (κ2) is 8.85. The van der Waals surface area contributed by atoms with Crippen LogP contribution in [0.25, 0.3) is 22.8 Å². The molecule has 0 atom stereocenters. The fourth-order valence-corrected chi connectivity index (χ4v) is 4.81. The molecule has 0 amide bonds. The van der Waals surface area contributed by atoms with E-state index in [1.807, 2.05) is 0 Å². The summed E-state index contributed by atoms with van der Waals surface area (Å²) in [6.07, 6.45) is 4.94. The summed E-state index contributed by atoms with van der Waals surface area (Å²) in [6.45, 7) is 7.30. The van der Waals surface area contributed by atoms with Crippen LogP contribution in [-0.4, -0.2) is 46.9 Å². The summed E-state index contributed by atoms with van der Waals surface area (Å²) >= 11 is 0. The molecule has 0 aliphatic carbocycles. The first kappa shape index (κ1) is 22.2. The van der Waals surface area contributed by atoms with Crippen molar-refractivity contribution in [3.63, 3.8) is 0 Å². The summed E-state index contributed by atoms with van der Waals surface area (Å²) in [6, 6.07) is 7.02. The van der Waals surface area contributed by atoms with Crippen molar-refractivity contribution < 1.29 is 12.8 Å². The molecule has 32 heavy (non-hydrogen) atoms. The van der Waals surface area contributed by atoms with E-state index in [9.17, 15) is 8.42 Å². The molecule has 0 spiro atoms. The summed E-state index contributed by atoms with van der Waals surface area (Å²) in [7, 11) is -3.34. The molecule has 10 heteroatoms. The summed E-state index contributed by atoms with van der Waals surface area (Å²) in [5, 5.41) is 7.84. The molecular formula is C22H28N6O3S. The van der Waals surface area contributed by atoms with Crippen LogP contribution in [0.5, 0.6) is 0 Å². The molecule has 0 bridgehead atoms. The van der Waals surface area contributed by atoms with E-state index in [1.54, 1.807) is 38.1 Å². The first-order valence-electron chi connectivity index (χ1n) is 10.8. The van der Waals surface area contributed by atoms with Gasteiger partial charge in [-0.1, -0.05) is 30.6 Å². The molecule has 1 aliphatic heterocycles. The van der Waals surface area contributed by atoms with E-state index in [4.69, 9.17) is 10.2 Å². The third-order valence-electron chi connectivity index (χ3n) is 5.98. The molecule has 0 radical (unpaired) electrons. The van der Waals surface area contributed by atoms with Crippen molar-refractivity contribution in [1.82, 2.24) is 20.2 Å². The quantitative estimate of drug-likeness (QED) is 0.591. The van der Waals surface area contributed by atoms with E-state index in [-0.39, 0.29) is 16.6 Å². The minimum Gasteiger partial charge on any atom is -0.401 e. The number of piperidine rings is 1. The van der Waals surface area contributed by atoms with Gasteiger partial charge in [-0.3, -0.25) is 0 Å². The van der Waals surface area contributed by atoms with Gasteiger partial charge in [-0.15, -0.1) is 5.10 Å². The van der Waals surface area contributed by atoms with Gasteiger partial charge in [-0.2, -0.15) is 0 Å². The van der Waals surface area contributed by atoms with Crippen molar-refractivity contribution in [3.8, 4) is 22.8 Å². The minimum absolute atomic E-state index is 0.188. The van der Waals surface area contributed by atoms with E-state index >= 15 is 0 Å². The smallest absolute Gasteiger partial charge is 0.318 e. The average molecular weight is 457 g/mol. The second-order valence-electron chi connectivity index (χ2n) is 8.34. The maximum atomic E-state index is 12.4. The molecule has 0 unspecified atom stereocenters. The van der Waals surface area contributed by atoms with Crippen LogP contribution in [0.1, 0.15) is 40.0 Å². The van der Waals surface area contributed by atoms with Gasteiger partial charge in [0.25, 0.3) is 5.89 Å². The summed E-state index contributed by atoms with van der Waals surface area (Å²) < 4.78 is 30.6. The van der Waals surface area contributed by atoms with Gasteiger partial charge in [-0.25, -0.2) is 18.4 Å². The van der Waals surface area contributed by atoms with Crippen LogP contribution in [0.4, 0.5) is 11.8 Å². The number of benzene rings is 1. The molecule has 1 fully saturated rings. The number of hydrogen-bond donors (Lipinski definition) is 1. The fraction of sp³-hybridized carbons (Fsp3) is 0.455. The highest BCUT2D eigenvalue weighted by Gasteiger charge is 2.24. The molecule has 1 saturated heterocycles. The Morgan fingerprint density at radius 1 is 1.16 bits per heavy atom. The number of hydrogen-bond acceptors (Lipinski definition) is 9. The van der Waals surface area contributed by atoms with Gasteiger partial charge in [-0.05, 0) is 44.7 Å². The third-order valence-corrected chi connectivity index (χ3v) is 8.15. The molecule has 3 heterocycles. The normalized spacial score (nSPS) is 15.4. The fourth-order valence-electron chi connectivity index (χ4n) is 3.75. The molecule has 1 aromatic carbocycles. The number of sulfone groups is 1. The number of nitrogens with two attached hydrogens (primary N) is 1. The predicted molar refractivity (Wildman–Crippen MR) is 123 cm³/mol. The maximum absolute atomic E-state index is 12.4. The van der Waals surface area contributed by atoms with Crippen LogP contribution < -0.4 is 10.6 Å². The van der Waals surface area contributed by atoms with Gasteiger partial charge in [0.1, 0.15) is 0 Å². The van der Waals surface area contributed by atoms with Crippen molar-refractivity contribution in [1.29, 1.82) is 0 Å². The predicted octanol–water partition coefficient (Wildman–Crippen LogP) is 3.58. The van der Waals surface area contributed by atoms with Crippen molar-refractivity contribution in [2.24, 2.45) is 5.92 Å². The Bertz CT molecular complexity index is 1180. The summed E-state index contributed by atoms with van der Waals surface area (Å²) in [4.78, 5) is 11.2. The van der Waals surface area contributed by atoms with E-state index in [0.29, 0.717) is 23.0 Å². The zero-order valence-electron chi connectivity index (χ0n) is 18.5. The van der Waals surface area contributed by atoms with Crippen LogP contribution in [0.2, 0.25) is 0 Å². The Balaban J connectivity index is 1.58. The zero-order chi connectivity index (χ0) is 22.9. The van der Waals surface area contributed by atoms with Gasteiger partial charge in [0, 0.05) is 18.7 Å². The lowest BCUT2D eigenvalue weighted by molar-refractivity contribution is 0.379. The van der Waals surface area contributed by atoms with Crippen LogP contribution in [0.15, 0.2) is 39.8 Å². The van der Waals surface area contributed by atoms with Gasteiger partial charge in [0.15, 0.2) is 21.3 Å². The number of nitrogens with zero attached hydrogens (tertiary/aromatic N) is 5. The van der Waals surface area contributed by atoms with Crippen molar-refractivity contribution in [3.05, 3.63) is 30.5 Å². The average Bonchev–Trinajstić information content (AvgIpc) is 3.29. The highest BCUT2D eigenvalue weighted by Crippen LogP contribution is 2.30. The van der Waals surface area contributed by atoms with Gasteiger partial charge in [0.05, 0.1) is 22.0 Å². The molecule has 1 aliphatic rings. The van der Waals surface area contributed by atoms with E-state index in [0.717, 1.165) is 31.8 Å². The lowest BCUT2D eigenvalue weighted by Gasteiger charge is -2.29. The molecule has 170 valence electrons. The summed E-state index contributed by atoms with van der Waals surface area (Å²) in [5.41, 5.74) is 7.60. The van der Waals surface area contributed by atoms with E-state index in [2.05, 4.69) is 32.0 Å². The molecule has 0 saturated carbocycles. The Kier molecular flexibility index (Phi) is 6.14. The van der Waals surface area contributed by atoms with Crippen LogP contribution in [-0.2, 0) is 9.84 Å². The molecule has 2 aromatic heterocycles. The number of nitrogen functional groups attached to an aromatic ring is 1. The van der Waals surface area contributed by atoms with E-state index in [1.165, 1.54) is 12.6 Å². The SMILES string of the molecule is CCC1CCN(c2nnc(-c3nc(-c4ccc(S(=O)(=O)C(C)C)cc4)cnc3N)o2)CC1. The largest absolute Gasteiger partial charge is 0.401 e. The van der Waals surface area contributed by atoms with Crippen LogP contribution in [0.3, 0.4) is 0 Å². The van der Waals surface area contributed by atoms with Gasteiger partial charge >= 0.3 is 6.01 Å². The Labute approximate surface area is 188 Å². The van der Waals surface area contributed by atoms with Gasteiger partial charge in [0.2, 0.25) is 0 Å².